The summed E-state index contributed by atoms with van der Waals surface area (Å²) in [5.74, 6) is 0. The summed E-state index contributed by atoms with van der Waals surface area (Å²) in [5, 5.41) is 3.09. The van der Waals surface area contributed by atoms with Crippen molar-refractivity contribution in [1.29, 1.82) is 0 Å². The molecular formula is C14H16BrNOS. The molecule has 0 aliphatic carbocycles. The standard InChI is InChI=1S/C14H16BrNOS/c1-4-17-14(2,3)13-16-12(9-18-13)10-6-5-7-11(15)8-10/h5-9H,4H2,1-3H3. The van der Waals surface area contributed by atoms with E-state index in [1.54, 1.807) is 11.3 Å². The van der Waals surface area contributed by atoms with Gasteiger partial charge in [-0.2, -0.15) is 0 Å². The van der Waals surface area contributed by atoms with E-state index in [2.05, 4.69) is 52.3 Å². The van der Waals surface area contributed by atoms with Gasteiger partial charge in [0.25, 0.3) is 0 Å². The molecule has 0 unspecified atom stereocenters. The summed E-state index contributed by atoms with van der Waals surface area (Å²) in [6, 6.07) is 8.18. The van der Waals surface area contributed by atoms with Crippen LogP contribution in [0.15, 0.2) is 34.1 Å². The molecule has 0 radical (unpaired) electrons. The first-order chi connectivity index (χ1) is 8.53. The molecular weight excluding hydrogens is 310 g/mol. The number of aromatic nitrogens is 1. The molecule has 0 saturated carbocycles. The van der Waals surface area contributed by atoms with Crippen LogP contribution in [0.4, 0.5) is 0 Å². The Hall–Kier alpha value is -0.710. The van der Waals surface area contributed by atoms with E-state index in [1.165, 1.54) is 0 Å². The highest BCUT2D eigenvalue weighted by Gasteiger charge is 2.24. The second-order valence-electron chi connectivity index (χ2n) is 4.49. The summed E-state index contributed by atoms with van der Waals surface area (Å²) < 4.78 is 6.80. The fourth-order valence-electron chi connectivity index (χ4n) is 1.75. The number of ether oxygens (including phenoxy) is 1. The molecule has 0 N–H and O–H groups in total. The lowest BCUT2D eigenvalue weighted by Crippen LogP contribution is -2.21. The number of hydrogen-bond acceptors (Lipinski definition) is 3. The van der Waals surface area contributed by atoms with Crippen molar-refractivity contribution in [3.8, 4) is 11.3 Å². The fraction of sp³-hybridized carbons (Fsp3) is 0.357. The van der Waals surface area contributed by atoms with E-state index in [0.717, 1.165) is 20.7 Å². The monoisotopic (exact) mass is 325 g/mol. The zero-order chi connectivity index (χ0) is 13.2. The van der Waals surface area contributed by atoms with Gasteiger partial charge in [0.05, 0.1) is 5.69 Å². The van der Waals surface area contributed by atoms with Crippen LogP contribution < -0.4 is 0 Å². The smallest absolute Gasteiger partial charge is 0.125 e. The molecule has 1 heterocycles. The largest absolute Gasteiger partial charge is 0.369 e. The van der Waals surface area contributed by atoms with Crippen LogP contribution in [-0.4, -0.2) is 11.6 Å². The first-order valence-corrected chi connectivity index (χ1v) is 7.56. The summed E-state index contributed by atoms with van der Waals surface area (Å²) in [4.78, 5) is 4.68. The normalized spacial score (nSPS) is 11.8. The van der Waals surface area contributed by atoms with Crippen molar-refractivity contribution >= 4 is 27.3 Å². The van der Waals surface area contributed by atoms with Crippen molar-refractivity contribution in [3.05, 3.63) is 39.1 Å². The minimum absolute atomic E-state index is 0.316. The molecule has 0 aliphatic rings. The maximum atomic E-state index is 5.73. The molecule has 4 heteroatoms. The van der Waals surface area contributed by atoms with Gasteiger partial charge in [0, 0.05) is 22.0 Å². The number of hydrogen-bond donors (Lipinski definition) is 0. The predicted octanol–water partition coefficient (Wildman–Crippen LogP) is 4.84. The zero-order valence-electron chi connectivity index (χ0n) is 10.7. The Balaban J connectivity index is 2.31. The number of benzene rings is 1. The molecule has 2 nitrogen and oxygen atoms in total. The predicted molar refractivity (Wildman–Crippen MR) is 79.9 cm³/mol. The lowest BCUT2D eigenvalue weighted by atomic mass is 10.1. The van der Waals surface area contributed by atoms with E-state index in [9.17, 15) is 0 Å². The van der Waals surface area contributed by atoms with Gasteiger partial charge in [-0.15, -0.1) is 11.3 Å². The summed E-state index contributed by atoms with van der Waals surface area (Å²) in [7, 11) is 0. The van der Waals surface area contributed by atoms with E-state index in [4.69, 9.17) is 4.74 Å². The Kier molecular flexibility index (Phi) is 4.20. The summed E-state index contributed by atoms with van der Waals surface area (Å²) in [5.41, 5.74) is 1.81. The quantitative estimate of drug-likeness (QED) is 0.802. The minimum atomic E-state index is -0.316. The Bertz CT molecular complexity index is 536. The minimum Gasteiger partial charge on any atom is -0.369 e. The van der Waals surface area contributed by atoms with Crippen molar-refractivity contribution in [2.75, 3.05) is 6.61 Å². The third-order valence-electron chi connectivity index (χ3n) is 2.64. The molecule has 0 saturated heterocycles. The van der Waals surface area contributed by atoms with Gasteiger partial charge in [0.2, 0.25) is 0 Å². The number of nitrogens with zero attached hydrogens (tertiary/aromatic N) is 1. The van der Waals surface area contributed by atoms with E-state index in [0.29, 0.717) is 6.61 Å². The molecule has 0 spiro atoms. The molecule has 0 atom stereocenters. The Morgan fingerprint density at radius 3 is 2.83 bits per heavy atom. The average molecular weight is 326 g/mol. The van der Waals surface area contributed by atoms with Crippen molar-refractivity contribution in [2.45, 2.75) is 26.4 Å². The van der Waals surface area contributed by atoms with Gasteiger partial charge in [-0.05, 0) is 32.9 Å². The molecule has 2 rings (SSSR count). The second-order valence-corrected chi connectivity index (χ2v) is 6.27. The van der Waals surface area contributed by atoms with Gasteiger partial charge < -0.3 is 4.74 Å². The first kappa shape index (κ1) is 13.7. The van der Waals surface area contributed by atoms with Crippen LogP contribution in [0.1, 0.15) is 25.8 Å². The lowest BCUT2D eigenvalue weighted by Gasteiger charge is -2.21. The Morgan fingerprint density at radius 2 is 2.17 bits per heavy atom. The Morgan fingerprint density at radius 1 is 1.39 bits per heavy atom. The maximum absolute atomic E-state index is 5.73. The van der Waals surface area contributed by atoms with Crippen LogP contribution in [0.5, 0.6) is 0 Å². The van der Waals surface area contributed by atoms with Crippen molar-refractivity contribution in [2.24, 2.45) is 0 Å². The topological polar surface area (TPSA) is 22.1 Å². The van der Waals surface area contributed by atoms with Gasteiger partial charge in [-0.1, -0.05) is 28.1 Å². The van der Waals surface area contributed by atoms with Crippen LogP contribution in [0.25, 0.3) is 11.3 Å². The molecule has 0 bridgehead atoms. The SMILES string of the molecule is CCOC(C)(C)c1nc(-c2cccc(Br)c2)cs1. The average Bonchev–Trinajstić information content (AvgIpc) is 2.78. The summed E-state index contributed by atoms with van der Waals surface area (Å²) in [6.07, 6.45) is 0. The van der Waals surface area contributed by atoms with Gasteiger partial charge in [-0.25, -0.2) is 4.98 Å². The van der Waals surface area contributed by atoms with Crippen LogP contribution in [-0.2, 0) is 10.3 Å². The highest BCUT2D eigenvalue weighted by atomic mass is 79.9. The molecule has 0 amide bonds. The van der Waals surface area contributed by atoms with Crippen LogP contribution in [0.2, 0.25) is 0 Å². The molecule has 0 aliphatic heterocycles. The van der Waals surface area contributed by atoms with Gasteiger partial charge in [0.1, 0.15) is 10.6 Å². The molecule has 18 heavy (non-hydrogen) atoms. The van der Waals surface area contributed by atoms with E-state index in [-0.39, 0.29) is 5.60 Å². The van der Waals surface area contributed by atoms with Crippen LogP contribution >= 0.6 is 27.3 Å². The molecule has 0 fully saturated rings. The van der Waals surface area contributed by atoms with Crippen molar-refractivity contribution in [1.82, 2.24) is 4.98 Å². The molecule has 1 aromatic carbocycles. The van der Waals surface area contributed by atoms with Crippen LogP contribution in [0, 0.1) is 0 Å². The van der Waals surface area contributed by atoms with Crippen molar-refractivity contribution < 1.29 is 4.74 Å². The highest BCUT2D eigenvalue weighted by molar-refractivity contribution is 9.10. The first-order valence-electron chi connectivity index (χ1n) is 5.89. The third-order valence-corrected chi connectivity index (χ3v) is 4.29. The van der Waals surface area contributed by atoms with Gasteiger partial charge in [-0.3, -0.25) is 0 Å². The fourth-order valence-corrected chi connectivity index (χ4v) is 3.06. The maximum Gasteiger partial charge on any atom is 0.125 e. The van der Waals surface area contributed by atoms with Crippen molar-refractivity contribution in [3.63, 3.8) is 0 Å². The summed E-state index contributed by atoms with van der Waals surface area (Å²) in [6.45, 7) is 6.81. The number of halogens is 1. The van der Waals surface area contributed by atoms with E-state index < -0.39 is 0 Å². The van der Waals surface area contributed by atoms with E-state index in [1.807, 2.05) is 19.1 Å². The second kappa shape index (κ2) is 5.51. The summed E-state index contributed by atoms with van der Waals surface area (Å²) >= 11 is 5.13. The highest BCUT2D eigenvalue weighted by Crippen LogP contribution is 2.31. The number of rotatable bonds is 4. The number of thiazole rings is 1. The third kappa shape index (κ3) is 2.99. The molecule has 96 valence electrons. The van der Waals surface area contributed by atoms with Gasteiger partial charge in [0.15, 0.2) is 0 Å². The molecule has 2 aromatic rings. The molecule has 1 aromatic heterocycles. The van der Waals surface area contributed by atoms with Gasteiger partial charge >= 0.3 is 0 Å². The van der Waals surface area contributed by atoms with E-state index >= 15 is 0 Å². The lowest BCUT2D eigenvalue weighted by molar-refractivity contribution is -0.0141. The van der Waals surface area contributed by atoms with Crippen LogP contribution in [0.3, 0.4) is 0 Å². The Labute approximate surface area is 120 Å². The zero-order valence-corrected chi connectivity index (χ0v) is 13.1.